The highest BCUT2D eigenvalue weighted by atomic mass is 32.2. The Balaban J connectivity index is 2.01. The van der Waals surface area contributed by atoms with Gasteiger partial charge in [-0.05, 0) is 48.9 Å². The minimum absolute atomic E-state index is 0.00430. The van der Waals surface area contributed by atoms with Gasteiger partial charge in [0.1, 0.15) is 16.2 Å². The van der Waals surface area contributed by atoms with E-state index < -0.39 is 15.7 Å². The first kappa shape index (κ1) is 14.3. The first-order valence-corrected chi connectivity index (χ1v) is 7.90. The van der Waals surface area contributed by atoms with E-state index in [1.807, 2.05) is 13.0 Å². The van der Waals surface area contributed by atoms with Gasteiger partial charge < -0.3 is 8.60 Å². The topological polar surface area (TPSA) is 73.6 Å². The molecule has 5 nitrogen and oxygen atoms in total. The summed E-state index contributed by atoms with van der Waals surface area (Å²) in [6.45, 7) is 1.84. The number of hydrogen-bond donors (Lipinski definition) is 0. The molecule has 0 bridgehead atoms. The van der Waals surface area contributed by atoms with Crippen LogP contribution in [0, 0.1) is 6.92 Å². The fourth-order valence-corrected chi connectivity index (χ4v) is 3.01. The van der Waals surface area contributed by atoms with Crippen molar-refractivity contribution in [3.8, 4) is 5.75 Å². The second-order valence-corrected chi connectivity index (χ2v) is 6.35. The molecule has 0 spiro atoms. The molecule has 1 aromatic heterocycles. The highest BCUT2D eigenvalue weighted by Crippen LogP contribution is 2.22. The van der Waals surface area contributed by atoms with Gasteiger partial charge in [-0.25, -0.2) is 4.79 Å². The van der Waals surface area contributed by atoms with Crippen LogP contribution in [-0.2, 0) is 10.1 Å². The fourth-order valence-electron chi connectivity index (χ4n) is 2.05. The van der Waals surface area contributed by atoms with Crippen molar-refractivity contribution < 1.29 is 17.0 Å². The van der Waals surface area contributed by atoms with Crippen LogP contribution in [0.3, 0.4) is 0 Å². The summed E-state index contributed by atoms with van der Waals surface area (Å²) >= 11 is 0. The maximum absolute atomic E-state index is 12.3. The zero-order chi connectivity index (χ0) is 15.7. The molecule has 0 saturated carbocycles. The summed E-state index contributed by atoms with van der Waals surface area (Å²) in [7, 11) is -3.95. The van der Waals surface area contributed by atoms with Gasteiger partial charge in [-0.1, -0.05) is 12.1 Å². The molecule has 0 unspecified atom stereocenters. The van der Waals surface area contributed by atoms with E-state index in [9.17, 15) is 13.2 Å². The van der Waals surface area contributed by atoms with Crippen molar-refractivity contribution in [3.63, 3.8) is 0 Å². The van der Waals surface area contributed by atoms with Gasteiger partial charge in [-0.15, -0.1) is 0 Å². The molecule has 0 aliphatic rings. The van der Waals surface area contributed by atoms with Crippen molar-refractivity contribution >= 4 is 21.1 Å². The second kappa shape index (κ2) is 5.31. The molecule has 1 heterocycles. The number of hydrogen-bond acceptors (Lipinski definition) is 5. The summed E-state index contributed by atoms with van der Waals surface area (Å²) < 4.78 is 34.7. The highest BCUT2D eigenvalue weighted by molar-refractivity contribution is 7.87. The average molecular weight is 316 g/mol. The van der Waals surface area contributed by atoms with Crippen molar-refractivity contribution in [1.82, 2.24) is 0 Å². The predicted octanol–water partition coefficient (Wildman–Crippen LogP) is 2.87. The van der Waals surface area contributed by atoms with E-state index in [4.69, 9.17) is 8.60 Å². The lowest BCUT2D eigenvalue weighted by atomic mass is 10.2. The maximum Gasteiger partial charge on any atom is 0.339 e. The Morgan fingerprint density at radius 3 is 2.59 bits per heavy atom. The van der Waals surface area contributed by atoms with E-state index in [0.717, 1.165) is 5.56 Å². The molecule has 2 aromatic carbocycles. The molecular formula is C16H12O5S. The Hall–Kier alpha value is -2.60. The van der Waals surface area contributed by atoms with Gasteiger partial charge in [0, 0.05) is 11.5 Å². The van der Waals surface area contributed by atoms with E-state index in [1.165, 1.54) is 30.3 Å². The van der Waals surface area contributed by atoms with Crippen molar-refractivity contribution in [2.45, 2.75) is 11.8 Å². The van der Waals surface area contributed by atoms with E-state index in [2.05, 4.69) is 0 Å². The molecule has 0 amide bonds. The van der Waals surface area contributed by atoms with Gasteiger partial charge in [-0.2, -0.15) is 8.42 Å². The standard InChI is InChI=1S/C16H12O5S/c1-11-3-2-4-13(9-11)21-22(18,19)14-6-7-15-12(10-14)5-8-16(17)20-15/h2-10H,1H3. The normalized spacial score (nSPS) is 11.5. The fraction of sp³-hybridized carbons (Fsp3) is 0.0625. The van der Waals surface area contributed by atoms with Crippen LogP contribution >= 0.6 is 0 Å². The molecule has 22 heavy (non-hydrogen) atoms. The molecule has 0 N–H and O–H groups in total. The zero-order valence-electron chi connectivity index (χ0n) is 11.6. The average Bonchev–Trinajstić information content (AvgIpc) is 2.46. The van der Waals surface area contributed by atoms with Crippen LogP contribution in [0.1, 0.15) is 5.56 Å². The third kappa shape index (κ3) is 2.87. The zero-order valence-corrected chi connectivity index (χ0v) is 12.5. The molecule has 0 atom stereocenters. The number of fused-ring (bicyclic) bond motifs is 1. The summed E-state index contributed by atoms with van der Waals surface area (Å²) in [5.74, 6) is 0.250. The van der Waals surface area contributed by atoms with Crippen LogP contribution in [0.15, 0.2) is 68.7 Å². The molecule has 0 saturated heterocycles. The first-order valence-electron chi connectivity index (χ1n) is 6.49. The number of aryl methyl sites for hydroxylation is 1. The van der Waals surface area contributed by atoms with Gasteiger partial charge in [0.2, 0.25) is 0 Å². The van der Waals surface area contributed by atoms with Crippen LogP contribution in [0.2, 0.25) is 0 Å². The third-order valence-corrected chi connectivity index (χ3v) is 4.32. The molecule has 112 valence electrons. The van der Waals surface area contributed by atoms with E-state index in [1.54, 1.807) is 18.2 Å². The Morgan fingerprint density at radius 2 is 1.82 bits per heavy atom. The molecule has 0 aliphatic carbocycles. The molecule has 3 rings (SSSR count). The Labute approximate surface area is 126 Å². The maximum atomic E-state index is 12.3. The summed E-state index contributed by atoms with van der Waals surface area (Å²) in [5.41, 5.74) is 0.731. The lowest BCUT2D eigenvalue weighted by molar-refractivity contribution is 0.486. The van der Waals surface area contributed by atoms with E-state index >= 15 is 0 Å². The number of rotatable bonds is 3. The van der Waals surface area contributed by atoms with E-state index in [0.29, 0.717) is 11.0 Å². The highest BCUT2D eigenvalue weighted by Gasteiger charge is 2.17. The lowest BCUT2D eigenvalue weighted by Gasteiger charge is -2.08. The molecule has 0 radical (unpaired) electrons. The molecular weight excluding hydrogens is 304 g/mol. The Kier molecular flexibility index (Phi) is 3.46. The molecule has 0 aliphatic heterocycles. The largest absolute Gasteiger partial charge is 0.423 e. The van der Waals surface area contributed by atoms with Gasteiger partial charge in [0.25, 0.3) is 0 Å². The lowest BCUT2D eigenvalue weighted by Crippen LogP contribution is -2.09. The molecule has 6 heteroatoms. The van der Waals surface area contributed by atoms with Crippen molar-refractivity contribution in [3.05, 3.63) is 70.6 Å². The summed E-state index contributed by atoms with van der Waals surface area (Å²) in [5, 5.41) is 0.508. The molecule has 3 aromatic rings. The van der Waals surface area contributed by atoms with Crippen molar-refractivity contribution in [1.29, 1.82) is 0 Å². The van der Waals surface area contributed by atoms with Crippen LogP contribution < -0.4 is 9.81 Å². The Morgan fingerprint density at radius 1 is 1.00 bits per heavy atom. The minimum Gasteiger partial charge on any atom is -0.423 e. The quantitative estimate of drug-likeness (QED) is 0.549. The predicted molar refractivity (Wildman–Crippen MR) is 81.5 cm³/mol. The van der Waals surface area contributed by atoms with Gasteiger partial charge in [0.05, 0.1) is 0 Å². The minimum atomic E-state index is -3.95. The molecule has 0 fully saturated rings. The van der Waals surface area contributed by atoms with Crippen molar-refractivity contribution in [2.24, 2.45) is 0 Å². The van der Waals surface area contributed by atoms with Crippen LogP contribution in [0.4, 0.5) is 0 Å². The summed E-state index contributed by atoms with van der Waals surface area (Å²) in [4.78, 5) is 11.1. The van der Waals surface area contributed by atoms with Crippen LogP contribution in [0.25, 0.3) is 11.0 Å². The third-order valence-electron chi connectivity index (χ3n) is 3.07. The Bertz CT molecular complexity index is 1000. The SMILES string of the molecule is Cc1cccc(OS(=O)(=O)c2ccc3oc(=O)ccc3c2)c1. The van der Waals surface area contributed by atoms with Gasteiger partial charge >= 0.3 is 15.7 Å². The van der Waals surface area contributed by atoms with Gasteiger partial charge in [0.15, 0.2) is 0 Å². The van der Waals surface area contributed by atoms with E-state index in [-0.39, 0.29) is 10.6 Å². The second-order valence-electron chi connectivity index (χ2n) is 4.81. The smallest absolute Gasteiger partial charge is 0.339 e. The summed E-state index contributed by atoms with van der Waals surface area (Å²) in [6, 6.07) is 13.7. The van der Waals surface area contributed by atoms with Crippen LogP contribution in [-0.4, -0.2) is 8.42 Å². The first-order chi connectivity index (χ1) is 10.4. The van der Waals surface area contributed by atoms with Gasteiger partial charge in [-0.3, -0.25) is 0 Å². The number of benzene rings is 2. The van der Waals surface area contributed by atoms with Crippen LogP contribution in [0.5, 0.6) is 5.75 Å². The monoisotopic (exact) mass is 316 g/mol. The van der Waals surface area contributed by atoms with Crippen molar-refractivity contribution in [2.75, 3.05) is 0 Å². The summed E-state index contributed by atoms with van der Waals surface area (Å²) in [6.07, 6.45) is 0.